The first-order valence-corrected chi connectivity index (χ1v) is 11.9. The highest BCUT2D eigenvalue weighted by atomic mass is 19.1. The Hall–Kier alpha value is -3.79. The number of urea groups is 1. The minimum Gasteiger partial charge on any atom is -0.464 e. The maximum absolute atomic E-state index is 14.1. The van der Waals surface area contributed by atoms with Crippen molar-refractivity contribution in [3.05, 3.63) is 89.1 Å². The van der Waals surface area contributed by atoms with Gasteiger partial charge in [0, 0.05) is 32.4 Å². The summed E-state index contributed by atoms with van der Waals surface area (Å²) in [5.41, 5.74) is 0.488. The summed E-state index contributed by atoms with van der Waals surface area (Å²) in [6, 6.07) is 11.4. The molecule has 3 amide bonds. The molecule has 0 saturated carbocycles. The van der Waals surface area contributed by atoms with Crippen LogP contribution in [0.5, 0.6) is 0 Å². The van der Waals surface area contributed by atoms with Crippen LogP contribution in [-0.2, 0) is 22.6 Å². The number of ether oxygens (including phenoxy) is 1. The predicted molar refractivity (Wildman–Crippen MR) is 132 cm³/mol. The van der Waals surface area contributed by atoms with Gasteiger partial charge >= 0.3 is 6.03 Å². The second-order valence-corrected chi connectivity index (χ2v) is 8.41. The Morgan fingerprint density at radius 1 is 0.946 bits per heavy atom. The third kappa shape index (κ3) is 8.68. The lowest BCUT2D eigenvalue weighted by Crippen LogP contribution is -2.44. The largest absolute Gasteiger partial charge is 0.464 e. The standard InChI is InChI=1S/C27H30F3N3O4/c1-3-36-14-4-13-32(27(35)31-25-12-10-22(29)15-24(25)30)18-26(34)33(17-23-11-5-19(2)37-23)16-20-6-8-21(28)9-7-20/h5-12,15H,3-4,13-14,16-18H2,1-2H3,(H,31,35). The van der Waals surface area contributed by atoms with Gasteiger partial charge in [-0.25, -0.2) is 18.0 Å². The summed E-state index contributed by atoms with van der Waals surface area (Å²) in [6.45, 7) is 4.62. The van der Waals surface area contributed by atoms with Crippen LogP contribution in [0, 0.1) is 24.4 Å². The van der Waals surface area contributed by atoms with E-state index in [0.717, 1.165) is 12.1 Å². The van der Waals surface area contributed by atoms with E-state index in [9.17, 15) is 22.8 Å². The van der Waals surface area contributed by atoms with Crippen LogP contribution >= 0.6 is 0 Å². The number of hydrogen-bond acceptors (Lipinski definition) is 4. The zero-order chi connectivity index (χ0) is 26.8. The molecule has 37 heavy (non-hydrogen) atoms. The van der Waals surface area contributed by atoms with E-state index in [4.69, 9.17) is 9.15 Å². The van der Waals surface area contributed by atoms with E-state index in [1.165, 1.54) is 21.9 Å². The molecule has 0 aliphatic carbocycles. The molecule has 0 atom stereocenters. The number of anilines is 1. The second-order valence-electron chi connectivity index (χ2n) is 8.41. The molecule has 0 bridgehead atoms. The Labute approximate surface area is 213 Å². The first kappa shape index (κ1) is 27.8. The lowest BCUT2D eigenvalue weighted by molar-refractivity contribution is -0.133. The Morgan fingerprint density at radius 3 is 2.32 bits per heavy atom. The van der Waals surface area contributed by atoms with Crippen molar-refractivity contribution in [1.29, 1.82) is 0 Å². The molecule has 0 saturated heterocycles. The molecule has 3 aromatic rings. The summed E-state index contributed by atoms with van der Waals surface area (Å²) < 4.78 is 51.8. The molecule has 198 valence electrons. The summed E-state index contributed by atoms with van der Waals surface area (Å²) in [5, 5.41) is 2.41. The predicted octanol–water partition coefficient (Wildman–Crippen LogP) is 5.49. The van der Waals surface area contributed by atoms with Crippen LogP contribution in [0.15, 0.2) is 59.0 Å². The molecule has 2 aromatic carbocycles. The van der Waals surface area contributed by atoms with Crippen molar-refractivity contribution in [2.75, 3.05) is 31.6 Å². The van der Waals surface area contributed by atoms with E-state index < -0.39 is 29.4 Å². The van der Waals surface area contributed by atoms with Gasteiger partial charge in [0.1, 0.15) is 35.5 Å². The summed E-state index contributed by atoms with van der Waals surface area (Å²) in [7, 11) is 0. The fourth-order valence-electron chi connectivity index (χ4n) is 3.60. The number of carbonyl (C=O) groups is 2. The van der Waals surface area contributed by atoms with E-state index in [2.05, 4.69) is 5.32 Å². The first-order valence-electron chi connectivity index (χ1n) is 11.9. The molecule has 0 aliphatic heterocycles. The van der Waals surface area contributed by atoms with Gasteiger partial charge in [-0.1, -0.05) is 12.1 Å². The summed E-state index contributed by atoms with van der Waals surface area (Å²) in [6.07, 6.45) is 0.440. The van der Waals surface area contributed by atoms with Crippen molar-refractivity contribution < 1.29 is 31.9 Å². The molecular formula is C27H30F3N3O4. The Bertz CT molecular complexity index is 1180. The number of aryl methyl sites for hydroxylation is 1. The van der Waals surface area contributed by atoms with Crippen LogP contribution in [0.3, 0.4) is 0 Å². The average Bonchev–Trinajstić information content (AvgIpc) is 3.28. The van der Waals surface area contributed by atoms with Crippen molar-refractivity contribution >= 4 is 17.6 Å². The van der Waals surface area contributed by atoms with Crippen LogP contribution in [0.1, 0.15) is 30.4 Å². The molecule has 0 fully saturated rings. The number of benzene rings is 2. The van der Waals surface area contributed by atoms with Crippen LogP contribution in [-0.4, -0.2) is 48.0 Å². The second kappa shape index (κ2) is 13.5. The molecule has 1 aromatic heterocycles. The molecule has 0 spiro atoms. The van der Waals surface area contributed by atoms with Crippen LogP contribution < -0.4 is 5.32 Å². The van der Waals surface area contributed by atoms with Crippen molar-refractivity contribution in [3.8, 4) is 0 Å². The Morgan fingerprint density at radius 2 is 1.68 bits per heavy atom. The number of amides is 3. The van der Waals surface area contributed by atoms with Gasteiger partial charge in [0.2, 0.25) is 5.91 Å². The molecule has 0 aliphatic rings. The van der Waals surface area contributed by atoms with Gasteiger partial charge in [-0.3, -0.25) is 4.79 Å². The van der Waals surface area contributed by atoms with E-state index >= 15 is 0 Å². The van der Waals surface area contributed by atoms with Gasteiger partial charge in [0.15, 0.2) is 0 Å². The quantitative estimate of drug-likeness (QED) is 0.322. The SMILES string of the molecule is CCOCCCN(CC(=O)N(Cc1ccc(F)cc1)Cc1ccc(C)o1)C(=O)Nc1ccc(F)cc1F. The minimum atomic E-state index is -0.930. The van der Waals surface area contributed by atoms with Gasteiger partial charge in [0.05, 0.1) is 12.2 Å². The van der Waals surface area contributed by atoms with Gasteiger partial charge < -0.3 is 24.3 Å². The van der Waals surface area contributed by atoms with Gasteiger partial charge in [-0.15, -0.1) is 0 Å². The zero-order valence-corrected chi connectivity index (χ0v) is 20.8. The molecule has 0 unspecified atom stereocenters. The van der Waals surface area contributed by atoms with Gasteiger partial charge in [0.25, 0.3) is 0 Å². The summed E-state index contributed by atoms with van der Waals surface area (Å²) in [4.78, 5) is 29.2. The lowest BCUT2D eigenvalue weighted by Gasteiger charge is -2.27. The van der Waals surface area contributed by atoms with Crippen molar-refractivity contribution in [1.82, 2.24) is 9.80 Å². The Kier molecular flexibility index (Phi) is 10.1. The normalized spacial score (nSPS) is 10.8. The highest BCUT2D eigenvalue weighted by Crippen LogP contribution is 2.17. The van der Waals surface area contributed by atoms with Crippen molar-refractivity contribution in [2.24, 2.45) is 0 Å². The highest BCUT2D eigenvalue weighted by molar-refractivity contribution is 5.92. The van der Waals surface area contributed by atoms with E-state index in [0.29, 0.717) is 42.8 Å². The maximum Gasteiger partial charge on any atom is 0.322 e. The Balaban J connectivity index is 1.78. The van der Waals surface area contributed by atoms with Crippen LogP contribution in [0.25, 0.3) is 0 Å². The number of rotatable bonds is 12. The number of hydrogen-bond donors (Lipinski definition) is 1. The van der Waals surface area contributed by atoms with Crippen molar-refractivity contribution in [2.45, 2.75) is 33.4 Å². The van der Waals surface area contributed by atoms with Crippen molar-refractivity contribution in [3.63, 3.8) is 0 Å². The zero-order valence-electron chi connectivity index (χ0n) is 20.8. The monoisotopic (exact) mass is 517 g/mol. The first-order chi connectivity index (χ1) is 17.7. The third-order valence-corrected chi connectivity index (χ3v) is 5.49. The lowest BCUT2D eigenvalue weighted by atomic mass is 10.2. The molecule has 0 radical (unpaired) electrons. The fraction of sp³-hybridized carbons (Fsp3) is 0.333. The smallest absolute Gasteiger partial charge is 0.322 e. The van der Waals surface area contributed by atoms with E-state index in [1.807, 2.05) is 6.92 Å². The fourth-order valence-corrected chi connectivity index (χ4v) is 3.60. The average molecular weight is 518 g/mol. The topological polar surface area (TPSA) is 75.0 Å². The number of nitrogens with one attached hydrogen (secondary N) is 1. The molecular weight excluding hydrogens is 487 g/mol. The van der Waals surface area contributed by atoms with Crippen LogP contribution in [0.4, 0.5) is 23.7 Å². The number of carbonyl (C=O) groups excluding carboxylic acids is 2. The maximum atomic E-state index is 14.1. The number of furan rings is 1. The van der Waals surface area contributed by atoms with Crippen LogP contribution in [0.2, 0.25) is 0 Å². The van der Waals surface area contributed by atoms with E-state index in [1.54, 1.807) is 31.2 Å². The molecule has 3 rings (SSSR count). The molecule has 1 N–H and O–H groups in total. The highest BCUT2D eigenvalue weighted by Gasteiger charge is 2.23. The molecule has 7 nitrogen and oxygen atoms in total. The number of halogens is 3. The molecule has 10 heteroatoms. The van der Waals surface area contributed by atoms with Gasteiger partial charge in [-0.2, -0.15) is 0 Å². The minimum absolute atomic E-state index is 0.130. The molecule has 1 heterocycles. The van der Waals surface area contributed by atoms with E-state index in [-0.39, 0.29) is 31.9 Å². The summed E-state index contributed by atoms with van der Waals surface area (Å²) >= 11 is 0. The van der Waals surface area contributed by atoms with Gasteiger partial charge in [-0.05, 0) is 62.2 Å². The third-order valence-electron chi connectivity index (χ3n) is 5.49. The summed E-state index contributed by atoms with van der Waals surface area (Å²) in [5.74, 6) is -1.27. The number of nitrogens with zero attached hydrogens (tertiary/aromatic N) is 2.